The van der Waals surface area contributed by atoms with Crippen LogP contribution < -0.4 is 10.2 Å². The second-order valence-corrected chi connectivity index (χ2v) is 4.49. The number of hydrogen-bond donors (Lipinski definition) is 0. The minimum atomic E-state index is -0.565. The summed E-state index contributed by atoms with van der Waals surface area (Å²) in [6.07, 6.45) is 1.29. The predicted octanol–water partition coefficient (Wildman–Crippen LogP) is 1.23. The highest BCUT2D eigenvalue weighted by Crippen LogP contribution is 2.22. The van der Waals surface area contributed by atoms with E-state index in [0.717, 1.165) is 12.1 Å². The van der Waals surface area contributed by atoms with Crippen molar-refractivity contribution in [3.63, 3.8) is 0 Å². The van der Waals surface area contributed by atoms with Crippen molar-refractivity contribution in [2.75, 3.05) is 0 Å². The highest BCUT2D eigenvalue weighted by atomic mass is 16.6. The van der Waals surface area contributed by atoms with Gasteiger partial charge in [-0.2, -0.15) is 5.21 Å². The van der Waals surface area contributed by atoms with Gasteiger partial charge in [0.15, 0.2) is 0 Å². The van der Waals surface area contributed by atoms with Gasteiger partial charge in [-0.05, 0) is 23.3 Å². The highest BCUT2D eigenvalue weighted by molar-refractivity contribution is 5.86. The van der Waals surface area contributed by atoms with E-state index in [1.165, 1.54) is 12.3 Å². The summed E-state index contributed by atoms with van der Waals surface area (Å²) in [6, 6.07) is 10.4. The lowest BCUT2D eigenvalue weighted by Gasteiger charge is -2.08. The maximum Gasteiger partial charge on any atom is 0.270 e. The molecule has 0 unspecified atom stereocenters. The second kappa shape index (κ2) is 6.02. The third kappa shape index (κ3) is 3.18. The van der Waals surface area contributed by atoms with Gasteiger partial charge in [0.05, 0.1) is 10.6 Å². The number of nitro groups is 1. The first-order valence-electron chi connectivity index (χ1n) is 6.42. The first kappa shape index (κ1) is 14.3. The molecule has 9 heteroatoms. The molecular formula is C14H8N6O3-2. The molecule has 3 rings (SSSR count). The Hall–Kier alpha value is -3.62. The van der Waals surface area contributed by atoms with Crippen LogP contribution in [0.2, 0.25) is 0 Å². The zero-order valence-electron chi connectivity index (χ0n) is 11.5. The first-order valence-corrected chi connectivity index (χ1v) is 6.42. The number of aromatic nitrogens is 4. The van der Waals surface area contributed by atoms with E-state index in [1.807, 2.05) is 0 Å². The van der Waals surface area contributed by atoms with E-state index < -0.39 is 4.92 Å². The van der Waals surface area contributed by atoms with E-state index >= 15 is 0 Å². The van der Waals surface area contributed by atoms with Crippen LogP contribution in [0.15, 0.2) is 47.5 Å². The van der Waals surface area contributed by atoms with Crippen LogP contribution in [0.25, 0.3) is 11.4 Å². The number of nitrogens with zero attached hydrogens (tertiary/aromatic N) is 6. The summed E-state index contributed by atoms with van der Waals surface area (Å²) >= 11 is 0. The Morgan fingerprint density at radius 2 is 2.09 bits per heavy atom. The van der Waals surface area contributed by atoms with Gasteiger partial charge in [-0.15, -0.1) is 0 Å². The fourth-order valence-corrected chi connectivity index (χ4v) is 1.88. The van der Waals surface area contributed by atoms with Crippen LogP contribution in [0.3, 0.4) is 0 Å². The average Bonchev–Trinajstić information content (AvgIpc) is 3.08. The number of non-ortho nitro benzene ring substituents is 1. The molecule has 0 atom stereocenters. The molecule has 2 aromatic carbocycles. The van der Waals surface area contributed by atoms with Gasteiger partial charge in [0.2, 0.25) is 0 Å². The maximum absolute atomic E-state index is 11.7. The molecule has 0 radical (unpaired) electrons. The van der Waals surface area contributed by atoms with Crippen molar-refractivity contribution in [1.82, 2.24) is 20.6 Å². The third-order valence-corrected chi connectivity index (χ3v) is 2.98. The summed E-state index contributed by atoms with van der Waals surface area (Å²) in [5.41, 5.74) is 1.18. The largest absolute Gasteiger partial charge is 0.872 e. The summed E-state index contributed by atoms with van der Waals surface area (Å²) in [7, 11) is 0. The molecule has 23 heavy (non-hydrogen) atoms. The summed E-state index contributed by atoms with van der Waals surface area (Å²) in [5, 5.41) is 36.8. The summed E-state index contributed by atoms with van der Waals surface area (Å²) in [6.45, 7) is 0. The molecule has 114 valence electrons. The summed E-state index contributed by atoms with van der Waals surface area (Å²) in [4.78, 5) is 14.3. The Labute approximate surface area is 129 Å². The van der Waals surface area contributed by atoms with E-state index in [4.69, 9.17) is 0 Å². The minimum absolute atomic E-state index is 0.137. The van der Waals surface area contributed by atoms with Crippen LogP contribution in [0, 0.1) is 10.1 Å². The molecule has 3 aromatic rings. The molecule has 0 aliphatic rings. The number of hydrogen-bond acceptors (Lipinski definition) is 7. The van der Waals surface area contributed by atoms with Crippen molar-refractivity contribution in [3.05, 3.63) is 58.1 Å². The SMILES string of the molecule is O=[N+]([O-])c1ccc([O-])c(C=Nc2cccc(-c3nnn[n-]3)c2)c1. The smallest absolute Gasteiger partial charge is 0.270 e. The number of tetrazole rings is 1. The molecule has 1 aromatic heterocycles. The van der Waals surface area contributed by atoms with Gasteiger partial charge < -0.3 is 10.2 Å². The lowest BCUT2D eigenvalue weighted by molar-refractivity contribution is -0.385. The zero-order valence-corrected chi connectivity index (χ0v) is 11.5. The topological polar surface area (TPSA) is 131 Å². The van der Waals surface area contributed by atoms with Crippen molar-refractivity contribution in [1.29, 1.82) is 0 Å². The molecule has 0 amide bonds. The van der Waals surface area contributed by atoms with Crippen LogP contribution in [-0.2, 0) is 0 Å². The Balaban J connectivity index is 1.90. The zero-order chi connectivity index (χ0) is 16.2. The van der Waals surface area contributed by atoms with Gasteiger partial charge in [0.25, 0.3) is 5.69 Å². The van der Waals surface area contributed by atoms with Gasteiger partial charge in [0.1, 0.15) is 0 Å². The molecule has 9 nitrogen and oxygen atoms in total. The molecule has 0 aliphatic heterocycles. The van der Waals surface area contributed by atoms with E-state index in [2.05, 4.69) is 25.6 Å². The predicted molar refractivity (Wildman–Crippen MR) is 78.4 cm³/mol. The van der Waals surface area contributed by atoms with Gasteiger partial charge in [-0.3, -0.25) is 25.4 Å². The number of benzene rings is 2. The van der Waals surface area contributed by atoms with Crippen molar-refractivity contribution < 1.29 is 10.0 Å². The number of nitro benzene ring substituents is 1. The normalized spacial score (nSPS) is 11.0. The van der Waals surface area contributed by atoms with Gasteiger partial charge in [0, 0.05) is 24.2 Å². The molecule has 0 saturated heterocycles. The fraction of sp³-hybridized carbons (Fsp3) is 0. The van der Waals surface area contributed by atoms with Crippen molar-refractivity contribution in [3.8, 4) is 17.1 Å². The maximum atomic E-state index is 11.7. The molecule has 0 N–H and O–H groups in total. The molecule has 0 spiro atoms. The van der Waals surface area contributed by atoms with Crippen molar-refractivity contribution in [2.45, 2.75) is 0 Å². The minimum Gasteiger partial charge on any atom is -0.872 e. The fourth-order valence-electron chi connectivity index (χ4n) is 1.88. The second-order valence-electron chi connectivity index (χ2n) is 4.49. The van der Waals surface area contributed by atoms with Crippen LogP contribution in [0.4, 0.5) is 11.4 Å². The summed E-state index contributed by atoms with van der Waals surface area (Å²) in [5.74, 6) is 0.0187. The lowest BCUT2D eigenvalue weighted by Crippen LogP contribution is -1.98. The Kier molecular flexibility index (Phi) is 3.75. The standard InChI is InChI=1S/C14H9N6O3/c21-13-5-4-12(20(22)23)7-10(13)8-15-11-3-1-2-9(6-11)14-16-18-19-17-14/h1-8H,(H-,15,16,17,18,19,21)/q-1/p-1. The average molecular weight is 308 g/mol. The van der Waals surface area contributed by atoms with Crippen molar-refractivity contribution in [2.24, 2.45) is 4.99 Å². The lowest BCUT2D eigenvalue weighted by atomic mass is 10.2. The Bertz CT molecular complexity index is 876. The first-order chi connectivity index (χ1) is 11.1. The molecule has 0 saturated carbocycles. The van der Waals surface area contributed by atoms with Gasteiger partial charge in [-0.25, -0.2) is 0 Å². The monoisotopic (exact) mass is 308 g/mol. The number of aliphatic imine (C=N–C) groups is 1. The quantitative estimate of drug-likeness (QED) is 0.402. The highest BCUT2D eigenvalue weighted by Gasteiger charge is 2.05. The molecule has 0 aliphatic carbocycles. The Morgan fingerprint density at radius 3 is 2.83 bits per heavy atom. The third-order valence-electron chi connectivity index (χ3n) is 2.98. The van der Waals surface area contributed by atoms with Crippen LogP contribution in [-0.4, -0.2) is 26.7 Å². The van der Waals surface area contributed by atoms with E-state index in [-0.39, 0.29) is 17.0 Å². The molecule has 1 heterocycles. The van der Waals surface area contributed by atoms with Gasteiger partial charge in [-0.1, -0.05) is 23.9 Å². The van der Waals surface area contributed by atoms with Crippen LogP contribution in [0.5, 0.6) is 5.75 Å². The van der Waals surface area contributed by atoms with E-state index in [0.29, 0.717) is 17.1 Å². The van der Waals surface area contributed by atoms with Gasteiger partial charge >= 0.3 is 0 Å². The molecule has 0 bridgehead atoms. The van der Waals surface area contributed by atoms with E-state index in [1.54, 1.807) is 24.3 Å². The summed E-state index contributed by atoms with van der Waals surface area (Å²) < 4.78 is 0. The number of rotatable bonds is 4. The molecular weight excluding hydrogens is 300 g/mol. The van der Waals surface area contributed by atoms with Crippen LogP contribution >= 0.6 is 0 Å². The van der Waals surface area contributed by atoms with Crippen LogP contribution in [0.1, 0.15) is 5.56 Å². The Morgan fingerprint density at radius 1 is 1.22 bits per heavy atom. The van der Waals surface area contributed by atoms with Crippen molar-refractivity contribution >= 4 is 17.6 Å². The molecule has 0 fully saturated rings. The van der Waals surface area contributed by atoms with E-state index in [9.17, 15) is 15.2 Å².